The second-order valence-electron chi connectivity index (χ2n) is 6.10. The second-order valence-corrected chi connectivity index (χ2v) is 6.10. The number of aryl methyl sites for hydroxylation is 1. The first-order chi connectivity index (χ1) is 10.6. The van der Waals surface area contributed by atoms with Crippen LogP contribution in [0.4, 0.5) is 5.69 Å². The van der Waals surface area contributed by atoms with E-state index >= 15 is 0 Å². The Morgan fingerprint density at radius 1 is 1.09 bits per heavy atom. The van der Waals surface area contributed by atoms with Crippen molar-refractivity contribution in [2.45, 2.75) is 46.2 Å². The number of anilines is 1. The Bertz CT molecular complexity index is 578. The molecule has 0 spiro atoms. The molecule has 0 fully saturated rings. The molecule has 0 heterocycles. The SMILES string of the molecule is CCCCN(Cc1ccccc1)[C@H](C)c1ccc(C)c(N)c1. The van der Waals surface area contributed by atoms with Crippen LogP contribution in [0.5, 0.6) is 0 Å². The van der Waals surface area contributed by atoms with Crippen LogP contribution in [0.15, 0.2) is 48.5 Å². The highest BCUT2D eigenvalue weighted by molar-refractivity contribution is 5.49. The van der Waals surface area contributed by atoms with Gasteiger partial charge < -0.3 is 5.73 Å². The van der Waals surface area contributed by atoms with E-state index in [2.05, 4.69) is 74.2 Å². The quantitative estimate of drug-likeness (QED) is 0.733. The Morgan fingerprint density at radius 3 is 2.45 bits per heavy atom. The second kappa shape index (κ2) is 8.00. The van der Waals surface area contributed by atoms with Crippen LogP contribution in [0.2, 0.25) is 0 Å². The smallest absolute Gasteiger partial charge is 0.0347 e. The zero-order valence-corrected chi connectivity index (χ0v) is 14.0. The van der Waals surface area contributed by atoms with Crippen molar-refractivity contribution in [1.29, 1.82) is 0 Å². The maximum Gasteiger partial charge on any atom is 0.0347 e. The summed E-state index contributed by atoms with van der Waals surface area (Å²) < 4.78 is 0. The molecule has 0 saturated carbocycles. The van der Waals surface area contributed by atoms with Gasteiger partial charge in [0, 0.05) is 18.3 Å². The molecular weight excluding hydrogens is 268 g/mol. The normalized spacial score (nSPS) is 12.5. The lowest BCUT2D eigenvalue weighted by Gasteiger charge is -2.30. The van der Waals surface area contributed by atoms with Gasteiger partial charge in [-0.2, -0.15) is 0 Å². The van der Waals surface area contributed by atoms with Crippen molar-refractivity contribution in [3.8, 4) is 0 Å². The minimum absolute atomic E-state index is 0.370. The van der Waals surface area contributed by atoms with Crippen LogP contribution in [-0.2, 0) is 6.54 Å². The minimum atomic E-state index is 0.370. The van der Waals surface area contributed by atoms with Gasteiger partial charge in [-0.25, -0.2) is 0 Å². The van der Waals surface area contributed by atoms with Crippen LogP contribution < -0.4 is 5.73 Å². The third-order valence-electron chi connectivity index (χ3n) is 4.36. The topological polar surface area (TPSA) is 29.3 Å². The van der Waals surface area contributed by atoms with Gasteiger partial charge in [0.1, 0.15) is 0 Å². The van der Waals surface area contributed by atoms with Crippen molar-refractivity contribution in [1.82, 2.24) is 4.90 Å². The van der Waals surface area contributed by atoms with E-state index in [1.54, 1.807) is 0 Å². The van der Waals surface area contributed by atoms with Gasteiger partial charge in [0.25, 0.3) is 0 Å². The molecule has 0 aliphatic carbocycles. The summed E-state index contributed by atoms with van der Waals surface area (Å²) in [5, 5.41) is 0. The molecule has 2 aromatic rings. The summed E-state index contributed by atoms with van der Waals surface area (Å²) in [5.41, 5.74) is 10.8. The van der Waals surface area contributed by atoms with E-state index in [1.165, 1.54) is 24.0 Å². The average Bonchev–Trinajstić information content (AvgIpc) is 2.54. The number of hydrogen-bond donors (Lipinski definition) is 1. The fourth-order valence-corrected chi connectivity index (χ4v) is 2.72. The number of benzene rings is 2. The third-order valence-corrected chi connectivity index (χ3v) is 4.36. The largest absolute Gasteiger partial charge is 0.399 e. The molecule has 0 bridgehead atoms. The summed E-state index contributed by atoms with van der Waals surface area (Å²) in [4.78, 5) is 2.54. The fraction of sp³-hybridized carbons (Fsp3) is 0.400. The summed E-state index contributed by atoms with van der Waals surface area (Å²) >= 11 is 0. The van der Waals surface area contributed by atoms with E-state index in [-0.39, 0.29) is 0 Å². The number of rotatable bonds is 7. The van der Waals surface area contributed by atoms with Crippen LogP contribution in [0.25, 0.3) is 0 Å². The number of unbranched alkanes of at least 4 members (excludes halogenated alkanes) is 1. The third kappa shape index (κ3) is 4.35. The van der Waals surface area contributed by atoms with Crippen molar-refractivity contribution in [2.75, 3.05) is 12.3 Å². The molecule has 0 amide bonds. The maximum absolute atomic E-state index is 6.09. The van der Waals surface area contributed by atoms with E-state index in [4.69, 9.17) is 5.73 Å². The molecule has 0 unspecified atom stereocenters. The van der Waals surface area contributed by atoms with Crippen molar-refractivity contribution in [2.24, 2.45) is 0 Å². The van der Waals surface area contributed by atoms with Crippen LogP contribution in [0.1, 0.15) is 49.4 Å². The predicted molar refractivity (Wildman–Crippen MR) is 95.8 cm³/mol. The fourth-order valence-electron chi connectivity index (χ4n) is 2.72. The molecule has 1 atom stereocenters. The first-order valence-electron chi connectivity index (χ1n) is 8.25. The minimum Gasteiger partial charge on any atom is -0.399 e. The molecule has 0 aliphatic rings. The van der Waals surface area contributed by atoms with Gasteiger partial charge in [-0.3, -0.25) is 4.90 Å². The number of nitrogens with two attached hydrogens (primary N) is 1. The maximum atomic E-state index is 6.09. The molecule has 0 saturated heterocycles. The number of nitrogen functional groups attached to an aromatic ring is 1. The van der Waals surface area contributed by atoms with Crippen molar-refractivity contribution in [3.05, 3.63) is 65.2 Å². The first kappa shape index (κ1) is 16.6. The van der Waals surface area contributed by atoms with Crippen LogP contribution in [0.3, 0.4) is 0 Å². The van der Waals surface area contributed by atoms with Crippen molar-refractivity contribution in [3.63, 3.8) is 0 Å². The van der Waals surface area contributed by atoms with Crippen molar-refractivity contribution < 1.29 is 0 Å². The van der Waals surface area contributed by atoms with E-state index in [1.807, 2.05) is 0 Å². The molecule has 2 nitrogen and oxygen atoms in total. The monoisotopic (exact) mass is 296 g/mol. The van der Waals surface area contributed by atoms with E-state index in [9.17, 15) is 0 Å². The highest BCUT2D eigenvalue weighted by atomic mass is 15.1. The highest BCUT2D eigenvalue weighted by Gasteiger charge is 2.16. The molecule has 0 radical (unpaired) electrons. The molecule has 2 heteroatoms. The summed E-state index contributed by atoms with van der Waals surface area (Å²) in [6, 6.07) is 17.5. The Balaban J connectivity index is 2.17. The number of hydrogen-bond acceptors (Lipinski definition) is 2. The van der Waals surface area contributed by atoms with E-state index < -0.39 is 0 Å². The summed E-state index contributed by atoms with van der Waals surface area (Å²) in [5.74, 6) is 0. The van der Waals surface area contributed by atoms with Crippen LogP contribution >= 0.6 is 0 Å². The average molecular weight is 296 g/mol. The van der Waals surface area contributed by atoms with Gasteiger partial charge in [0.15, 0.2) is 0 Å². The zero-order chi connectivity index (χ0) is 15.9. The lowest BCUT2D eigenvalue weighted by atomic mass is 10.0. The van der Waals surface area contributed by atoms with Gasteiger partial charge in [-0.15, -0.1) is 0 Å². The first-order valence-corrected chi connectivity index (χ1v) is 8.25. The van der Waals surface area contributed by atoms with Crippen molar-refractivity contribution >= 4 is 5.69 Å². The number of nitrogens with zero attached hydrogens (tertiary/aromatic N) is 1. The standard InChI is InChI=1S/C20H28N2/c1-4-5-13-22(15-18-9-7-6-8-10-18)17(3)19-12-11-16(2)20(21)14-19/h6-12,14,17H,4-5,13,15,21H2,1-3H3/t17-/m1/s1. The van der Waals surface area contributed by atoms with Gasteiger partial charge in [0.05, 0.1) is 0 Å². The van der Waals surface area contributed by atoms with Crippen LogP contribution in [0, 0.1) is 6.92 Å². The van der Waals surface area contributed by atoms with Gasteiger partial charge in [-0.05, 0) is 49.6 Å². The molecule has 2 rings (SSSR count). The molecular formula is C20H28N2. The Labute approximate surface area is 135 Å². The molecule has 2 N–H and O–H groups in total. The lowest BCUT2D eigenvalue weighted by Crippen LogP contribution is -2.27. The Kier molecular flexibility index (Phi) is 6.02. The Hall–Kier alpha value is -1.80. The molecule has 118 valence electrons. The van der Waals surface area contributed by atoms with Gasteiger partial charge in [0.2, 0.25) is 0 Å². The molecule has 22 heavy (non-hydrogen) atoms. The Morgan fingerprint density at radius 2 is 1.82 bits per heavy atom. The predicted octanol–water partition coefficient (Wildman–Crippen LogP) is 4.94. The summed E-state index contributed by atoms with van der Waals surface area (Å²) in [7, 11) is 0. The summed E-state index contributed by atoms with van der Waals surface area (Å²) in [6.45, 7) is 8.68. The van der Waals surface area contributed by atoms with Crippen LogP contribution in [-0.4, -0.2) is 11.4 Å². The van der Waals surface area contributed by atoms with Gasteiger partial charge in [-0.1, -0.05) is 55.8 Å². The van der Waals surface area contributed by atoms with E-state index in [0.29, 0.717) is 6.04 Å². The zero-order valence-electron chi connectivity index (χ0n) is 14.0. The molecule has 0 aliphatic heterocycles. The summed E-state index contributed by atoms with van der Waals surface area (Å²) in [6.07, 6.45) is 2.44. The molecule has 2 aromatic carbocycles. The van der Waals surface area contributed by atoms with Gasteiger partial charge >= 0.3 is 0 Å². The molecule has 0 aromatic heterocycles. The van der Waals surface area contributed by atoms with E-state index in [0.717, 1.165) is 24.3 Å². The highest BCUT2D eigenvalue weighted by Crippen LogP contribution is 2.25. The lowest BCUT2D eigenvalue weighted by molar-refractivity contribution is 0.198.